The number of halogens is 1. The molecule has 1 aromatic heterocycles. The van der Waals surface area contributed by atoms with Gasteiger partial charge in [-0.2, -0.15) is 0 Å². The van der Waals surface area contributed by atoms with Crippen LogP contribution in [0.25, 0.3) is 0 Å². The highest BCUT2D eigenvalue weighted by atomic mass is 35.5. The Kier molecular flexibility index (Phi) is 8.66. The zero-order valence-corrected chi connectivity index (χ0v) is 12.2. The van der Waals surface area contributed by atoms with Gasteiger partial charge in [-0.3, -0.25) is 0 Å². The van der Waals surface area contributed by atoms with Crippen LogP contribution in [0.2, 0.25) is 5.02 Å². The number of hydrogen-bond acceptors (Lipinski definition) is 2. The summed E-state index contributed by atoms with van der Waals surface area (Å²) in [5.41, 5.74) is 0. The summed E-state index contributed by atoms with van der Waals surface area (Å²) in [6, 6.07) is 3.79. The molecule has 0 amide bonds. The van der Waals surface area contributed by atoms with Crippen molar-refractivity contribution in [1.82, 2.24) is 4.98 Å². The first-order valence-corrected chi connectivity index (χ1v) is 7.56. The van der Waals surface area contributed by atoms with Gasteiger partial charge in [0.05, 0.1) is 5.02 Å². The van der Waals surface area contributed by atoms with Crippen LogP contribution in [0.5, 0.6) is 0 Å². The van der Waals surface area contributed by atoms with Gasteiger partial charge < -0.3 is 5.32 Å². The third kappa shape index (κ3) is 7.54. The van der Waals surface area contributed by atoms with Gasteiger partial charge in [0.1, 0.15) is 5.82 Å². The maximum absolute atomic E-state index is 5.78. The van der Waals surface area contributed by atoms with E-state index in [4.69, 9.17) is 11.6 Å². The zero-order chi connectivity index (χ0) is 13.1. The van der Waals surface area contributed by atoms with E-state index in [2.05, 4.69) is 17.2 Å². The van der Waals surface area contributed by atoms with Gasteiger partial charge in [0, 0.05) is 12.7 Å². The van der Waals surface area contributed by atoms with Crippen LogP contribution >= 0.6 is 11.6 Å². The minimum atomic E-state index is 0.688. The van der Waals surface area contributed by atoms with Gasteiger partial charge in [-0.25, -0.2) is 4.98 Å². The Morgan fingerprint density at radius 3 is 2.28 bits per heavy atom. The van der Waals surface area contributed by atoms with E-state index in [9.17, 15) is 0 Å². The molecule has 0 bridgehead atoms. The van der Waals surface area contributed by atoms with Crippen molar-refractivity contribution in [2.45, 2.75) is 58.3 Å². The predicted molar refractivity (Wildman–Crippen MR) is 80.3 cm³/mol. The molecule has 0 aliphatic carbocycles. The van der Waals surface area contributed by atoms with Crippen molar-refractivity contribution in [3.63, 3.8) is 0 Å². The maximum atomic E-state index is 5.78. The summed E-state index contributed by atoms with van der Waals surface area (Å²) in [5, 5.41) is 4.00. The van der Waals surface area contributed by atoms with Gasteiger partial charge in [0.25, 0.3) is 0 Å². The van der Waals surface area contributed by atoms with E-state index in [1.54, 1.807) is 6.20 Å². The molecule has 18 heavy (non-hydrogen) atoms. The van der Waals surface area contributed by atoms with Crippen molar-refractivity contribution in [2.24, 2.45) is 0 Å². The third-order valence-corrected chi connectivity index (χ3v) is 3.29. The van der Waals surface area contributed by atoms with E-state index < -0.39 is 0 Å². The Hall–Kier alpha value is -0.760. The fourth-order valence-corrected chi connectivity index (χ4v) is 2.07. The van der Waals surface area contributed by atoms with Gasteiger partial charge in [-0.15, -0.1) is 0 Å². The average molecular weight is 269 g/mol. The number of hydrogen-bond donors (Lipinski definition) is 1. The first-order valence-electron chi connectivity index (χ1n) is 7.18. The molecule has 1 rings (SSSR count). The molecule has 1 aromatic rings. The molecule has 0 fully saturated rings. The van der Waals surface area contributed by atoms with Gasteiger partial charge in [0.2, 0.25) is 0 Å². The van der Waals surface area contributed by atoms with Crippen LogP contribution < -0.4 is 5.32 Å². The van der Waals surface area contributed by atoms with Gasteiger partial charge in [-0.1, -0.05) is 63.5 Å². The average Bonchev–Trinajstić information content (AvgIpc) is 2.39. The lowest BCUT2D eigenvalue weighted by molar-refractivity contribution is 0.581. The highest BCUT2D eigenvalue weighted by Crippen LogP contribution is 2.11. The molecule has 0 saturated heterocycles. The SMILES string of the molecule is CCCCCCCCCCNc1ccc(Cl)cn1. The van der Waals surface area contributed by atoms with Crippen LogP contribution in [0.3, 0.4) is 0 Å². The maximum Gasteiger partial charge on any atom is 0.125 e. The molecule has 0 aliphatic heterocycles. The van der Waals surface area contributed by atoms with Gasteiger partial charge in [0.15, 0.2) is 0 Å². The summed E-state index contributed by atoms with van der Waals surface area (Å²) in [5.74, 6) is 0.919. The third-order valence-electron chi connectivity index (χ3n) is 3.06. The van der Waals surface area contributed by atoms with Crippen LogP contribution in [-0.4, -0.2) is 11.5 Å². The lowest BCUT2D eigenvalue weighted by Crippen LogP contribution is -2.02. The quantitative estimate of drug-likeness (QED) is 0.584. The minimum absolute atomic E-state index is 0.688. The van der Waals surface area contributed by atoms with Crippen LogP contribution in [0, 0.1) is 0 Å². The highest BCUT2D eigenvalue weighted by Gasteiger charge is 1.94. The fourth-order valence-electron chi connectivity index (χ4n) is 1.96. The number of anilines is 1. The van der Waals surface area contributed by atoms with E-state index in [0.29, 0.717) is 5.02 Å². The Morgan fingerprint density at radius 2 is 1.67 bits per heavy atom. The molecule has 0 unspecified atom stereocenters. The second-order valence-corrected chi connectivity index (χ2v) is 5.20. The van der Waals surface area contributed by atoms with E-state index >= 15 is 0 Å². The molecule has 0 radical (unpaired) electrons. The molecular formula is C15H25ClN2. The van der Waals surface area contributed by atoms with Crippen LogP contribution in [-0.2, 0) is 0 Å². The Morgan fingerprint density at radius 1 is 1.00 bits per heavy atom. The second-order valence-electron chi connectivity index (χ2n) is 4.76. The summed E-state index contributed by atoms with van der Waals surface area (Å²) in [7, 11) is 0. The molecular weight excluding hydrogens is 244 g/mol. The molecule has 0 aliphatic rings. The standard InChI is InChI=1S/C15H25ClN2/c1-2-3-4-5-6-7-8-9-12-17-15-11-10-14(16)13-18-15/h10-11,13H,2-9,12H2,1H3,(H,17,18). The van der Waals surface area contributed by atoms with Crippen molar-refractivity contribution in [3.8, 4) is 0 Å². The molecule has 0 spiro atoms. The van der Waals surface area contributed by atoms with Crippen molar-refractivity contribution in [1.29, 1.82) is 0 Å². The monoisotopic (exact) mass is 268 g/mol. The largest absolute Gasteiger partial charge is 0.370 e. The van der Waals surface area contributed by atoms with Gasteiger partial charge in [-0.05, 0) is 18.6 Å². The zero-order valence-electron chi connectivity index (χ0n) is 11.4. The van der Waals surface area contributed by atoms with Gasteiger partial charge >= 0.3 is 0 Å². The number of unbranched alkanes of at least 4 members (excludes halogenated alkanes) is 7. The van der Waals surface area contributed by atoms with E-state index in [0.717, 1.165) is 12.4 Å². The summed E-state index contributed by atoms with van der Waals surface area (Å²) in [6.45, 7) is 3.26. The summed E-state index contributed by atoms with van der Waals surface area (Å²) in [6.07, 6.45) is 12.5. The molecule has 0 saturated carbocycles. The first kappa shape index (κ1) is 15.3. The van der Waals surface area contributed by atoms with E-state index in [-0.39, 0.29) is 0 Å². The normalized spacial score (nSPS) is 10.6. The number of aromatic nitrogens is 1. The Bertz CT molecular complexity index is 298. The number of nitrogens with zero attached hydrogens (tertiary/aromatic N) is 1. The molecule has 0 atom stereocenters. The molecule has 1 heterocycles. The minimum Gasteiger partial charge on any atom is -0.370 e. The predicted octanol–water partition coefficient (Wildman–Crippen LogP) is 5.29. The Balaban J connectivity index is 1.91. The smallest absolute Gasteiger partial charge is 0.125 e. The number of nitrogens with one attached hydrogen (secondary N) is 1. The van der Waals surface area contributed by atoms with Crippen LogP contribution in [0.4, 0.5) is 5.82 Å². The second kappa shape index (κ2) is 10.2. The first-order chi connectivity index (χ1) is 8.83. The molecule has 3 heteroatoms. The van der Waals surface area contributed by atoms with Crippen LogP contribution in [0.15, 0.2) is 18.3 Å². The van der Waals surface area contributed by atoms with Crippen molar-refractivity contribution < 1.29 is 0 Å². The van der Waals surface area contributed by atoms with E-state index in [1.807, 2.05) is 12.1 Å². The number of pyridine rings is 1. The molecule has 0 aromatic carbocycles. The lowest BCUT2D eigenvalue weighted by atomic mass is 10.1. The topological polar surface area (TPSA) is 24.9 Å². The van der Waals surface area contributed by atoms with Crippen molar-refractivity contribution in [3.05, 3.63) is 23.4 Å². The summed E-state index contributed by atoms with van der Waals surface area (Å²) in [4.78, 5) is 4.20. The number of rotatable bonds is 10. The molecule has 2 nitrogen and oxygen atoms in total. The van der Waals surface area contributed by atoms with Crippen molar-refractivity contribution >= 4 is 17.4 Å². The summed E-state index contributed by atoms with van der Waals surface area (Å²) < 4.78 is 0. The Labute approximate surface area is 116 Å². The lowest BCUT2D eigenvalue weighted by Gasteiger charge is -2.05. The molecule has 1 N–H and O–H groups in total. The fraction of sp³-hybridized carbons (Fsp3) is 0.667. The summed E-state index contributed by atoms with van der Waals surface area (Å²) >= 11 is 5.78. The van der Waals surface area contributed by atoms with Crippen LogP contribution in [0.1, 0.15) is 58.3 Å². The van der Waals surface area contributed by atoms with E-state index in [1.165, 1.54) is 51.4 Å². The van der Waals surface area contributed by atoms with Crippen molar-refractivity contribution in [2.75, 3.05) is 11.9 Å². The molecule has 102 valence electrons. The highest BCUT2D eigenvalue weighted by molar-refractivity contribution is 6.30.